The van der Waals surface area contributed by atoms with Crippen LogP contribution in [0.1, 0.15) is 12.0 Å². The number of hydrogen-bond acceptors (Lipinski definition) is 2. The van der Waals surface area contributed by atoms with E-state index in [-0.39, 0.29) is 5.91 Å². The smallest absolute Gasteiger partial charge is 0.219 e. The molecule has 0 unspecified atom stereocenters. The molecule has 1 aromatic rings. The predicted octanol–water partition coefficient (Wildman–Crippen LogP) is 2.04. The van der Waals surface area contributed by atoms with Gasteiger partial charge < -0.3 is 11.1 Å². The van der Waals surface area contributed by atoms with Crippen molar-refractivity contribution in [2.45, 2.75) is 13.3 Å². The second kappa shape index (κ2) is 5.00. The SMILES string of the molecule is Cc1cc(Br)ccc1NCCC(N)=O. The molecule has 3 N–H and O–H groups in total. The lowest BCUT2D eigenvalue weighted by molar-refractivity contribution is -0.117. The number of carbonyl (C=O) groups is 1. The lowest BCUT2D eigenvalue weighted by atomic mass is 10.2. The maximum atomic E-state index is 10.5. The molecule has 1 rings (SSSR count). The summed E-state index contributed by atoms with van der Waals surface area (Å²) in [5.74, 6) is -0.285. The summed E-state index contributed by atoms with van der Waals surface area (Å²) >= 11 is 3.39. The Morgan fingerprint density at radius 3 is 2.86 bits per heavy atom. The van der Waals surface area contributed by atoms with Crippen LogP contribution in [-0.2, 0) is 4.79 Å². The second-order valence-electron chi connectivity index (χ2n) is 3.10. The maximum Gasteiger partial charge on any atom is 0.219 e. The van der Waals surface area contributed by atoms with Crippen molar-refractivity contribution in [3.8, 4) is 0 Å². The number of hydrogen-bond donors (Lipinski definition) is 2. The Morgan fingerprint density at radius 2 is 2.29 bits per heavy atom. The van der Waals surface area contributed by atoms with Gasteiger partial charge in [-0.3, -0.25) is 4.79 Å². The Kier molecular flexibility index (Phi) is 3.95. The fourth-order valence-electron chi connectivity index (χ4n) is 1.15. The van der Waals surface area contributed by atoms with E-state index < -0.39 is 0 Å². The van der Waals surface area contributed by atoms with Crippen LogP contribution < -0.4 is 11.1 Å². The number of halogens is 1. The molecule has 1 aromatic carbocycles. The highest BCUT2D eigenvalue weighted by atomic mass is 79.9. The van der Waals surface area contributed by atoms with E-state index >= 15 is 0 Å². The molecular weight excluding hydrogens is 244 g/mol. The molecule has 0 aliphatic heterocycles. The molecule has 0 heterocycles. The number of anilines is 1. The number of rotatable bonds is 4. The Balaban J connectivity index is 2.55. The van der Waals surface area contributed by atoms with Gasteiger partial charge in [-0.15, -0.1) is 0 Å². The summed E-state index contributed by atoms with van der Waals surface area (Å²) in [7, 11) is 0. The first kappa shape index (κ1) is 11.0. The Hall–Kier alpha value is -1.03. The van der Waals surface area contributed by atoms with Gasteiger partial charge in [-0.2, -0.15) is 0 Å². The average molecular weight is 257 g/mol. The topological polar surface area (TPSA) is 55.1 Å². The van der Waals surface area contributed by atoms with E-state index in [4.69, 9.17) is 5.73 Å². The lowest BCUT2D eigenvalue weighted by Crippen LogP contribution is -2.16. The maximum absolute atomic E-state index is 10.5. The van der Waals surface area contributed by atoms with Crippen molar-refractivity contribution in [1.82, 2.24) is 0 Å². The highest BCUT2D eigenvalue weighted by Gasteiger charge is 1.99. The van der Waals surface area contributed by atoms with Crippen LogP contribution in [0.25, 0.3) is 0 Å². The minimum absolute atomic E-state index is 0.285. The standard InChI is InChI=1S/C10H13BrN2O/c1-7-6-8(11)2-3-9(7)13-5-4-10(12)14/h2-3,6,13H,4-5H2,1H3,(H2,12,14). The predicted molar refractivity (Wildman–Crippen MR) is 61.2 cm³/mol. The molecular formula is C10H13BrN2O. The van der Waals surface area contributed by atoms with E-state index in [2.05, 4.69) is 21.2 Å². The summed E-state index contributed by atoms with van der Waals surface area (Å²) in [4.78, 5) is 10.5. The average Bonchev–Trinajstić information content (AvgIpc) is 2.08. The molecule has 0 aliphatic carbocycles. The molecule has 0 fully saturated rings. The third-order valence-electron chi connectivity index (χ3n) is 1.88. The number of amides is 1. The quantitative estimate of drug-likeness (QED) is 0.867. The molecule has 0 saturated carbocycles. The Morgan fingerprint density at radius 1 is 1.57 bits per heavy atom. The second-order valence-corrected chi connectivity index (χ2v) is 4.02. The first-order valence-electron chi connectivity index (χ1n) is 4.38. The highest BCUT2D eigenvalue weighted by Crippen LogP contribution is 2.19. The third kappa shape index (κ3) is 3.38. The summed E-state index contributed by atoms with van der Waals surface area (Å²) in [6.45, 7) is 2.59. The van der Waals surface area contributed by atoms with Crippen molar-refractivity contribution >= 4 is 27.5 Å². The van der Waals surface area contributed by atoms with Crippen LogP contribution >= 0.6 is 15.9 Å². The number of carbonyl (C=O) groups excluding carboxylic acids is 1. The lowest BCUT2D eigenvalue weighted by Gasteiger charge is -2.08. The molecule has 0 bridgehead atoms. The van der Waals surface area contributed by atoms with Crippen LogP contribution in [0, 0.1) is 6.92 Å². The van der Waals surface area contributed by atoms with Crippen LogP contribution in [0.3, 0.4) is 0 Å². The monoisotopic (exact) mass is 256 g/mol. The fourth-order valence-corrected chi connectivity index (χ4v) is 1.62. The molecule has 0 spiro atoms. The molecule has 0 radical (unpaired) electrons. The minimum atomic E-state index is -0.285. The highest BCUT2D eigenvalue weighted by molar-refractivity contribution is 9.10. The van der Waals surface area contributed by atoms with Gasteiger partial charge in [0.05, 0.1) is 0 Å². The van der Waals surface area contributed by atoms with Gasteiger partial charge in [0.15, 0.2) is 0 Å². The summed E-state index contributed by atoms with van der Waals surface area (Å²) in [6, 6.07) is 5.95. The molecule has 0 atom stereocenters. The molecule has 76 valence electrons. The van der Waals surface area contributed by atoms with Crippen LogP contribution in [0.2, 0.25) is 0 Å². The molecule has 0 aliphatic rings. The van der Waals surface area contributed by atoms with Crippen molar-refractivity contribution < 1.29 is 4.79 Å². The number of aryl methyl sites for hydroxylation is 1. The van der Waals surface area contributed by atoms with Gasteiger partial charge >= 0.3 is 0 Å². The largest absolute Gasteiger partial charge is 0.384 e. The van der Waals surface area contributed by atoms with Crippen molar-refractivity contribution in [2.24, 2.45) is 5.73 Å². The van der Waals surface area contributed by atoms with Gasteiger partial charge in [-0.25, -0.2) is 0 Å². The van der Waals surface area contributed by atoms with Crippen LogP contribution in [-0.4, -0.2) is 12.5 Å². The van der Waals surface area contributed by atoms with E-state index in [1.807, 2.05) is 25.1 Å². The molecule has 1 amide bonds. The third-order valence-corrected chi connectivity index (χ3v) is 2.37. The first-order chi connectivity index (χ1) is 6.59. The van der Waals surface area contributed by atoms with Gasteiger partial charge in [0.1, 0.15) is 0 Å². The molecule has 14 heavy (non-hydrogen) atoms. The van der Waals surface area contributed by atoms with E-state index in [9.17, 15) is 4.79 Å². The van der Waals surface area contributed by atoms with Gasteiger partial charge in [0.25, 0.3) is 0 Å². The first-order valence-corrected chi connectivity index (χ1v) is 5.17. The van der Waals surface area contributed by atoms with Crippen molar-refractivity contribution in [3.05, 3.63) is 28.2 Å². The number of nitrogens with two attached hydrogens (primary N) is 1. The van der Waals surface area contributed by atoms with Crippen molar-refractivity contribution in [1.29, 1.82) is 0 Å². The van der Waals surface area contributed by atoms with Gasteiger partial charge in [-0.1, -0.05) is 15.9 Å². The van der Waals surface area contributed by atoms with Gasteiger partial charge in [-0.05, 0) is 30.7 Å². The molecule has 0 saturated heterocycles. The summed E-state index contributed by atoms with van der Waals surface area (Å²) in [5.41, 5.74) is 7.21. The van der Waals surface area contributed by atoms with E-state index in [0.717, 1.165) is 15.7 Å². The van der Waals surface area contributed by atoms with Crippen LogP contribution in [0.5, 0.6) is 0 Å². The van der Waals surface area contributed by atoms with Gasteiger partial charge in [0, 0.05) is 23.1 Å². The van der Waals surface area contributed by atoms with E-state index in [0.29, 0.717) is 13.0 Å². The normalized spacial score (nSPS) is 9.86. The molecule has 0 aromatic heterocycles. The zero-order chi connectivity index (χ0) is 10.6. The van der Waals surface area contributed by atoms with E-state index in [1.165, 1.54) is 0 Å². The summed E-state index contributed by atoms with van der Waals surface area (Å²) in [5, 5.41) is 3.15. The molecule has 4 heteroatoms. The number of nitrogens with one attached hydrogen (secondary N) is 1. The number of primary amides is 1. The fraction of sp³-hybridized carbons (Fsp3) is 0.300. The minimum Gasteiger partial charge on any atom is -0.384 e. The Bertz CT molecular complexity index is 339. The Labute approximate surface area is 91.8 Å². The summed E-state index contributed by atoms with van der Waals surface area (Å²) < 4.78 is 1.05. The molecule has 3 nitrogen and oxygen atoms in total. The summed E-state index contributed by atoms with van der Waals surface area (Å²) in [6.07, 6.45) is 0.357. The van der Waals surface area contributed by atoms with Crippen LogP contribution in [0.15, 0.2) is 22.7 Å². The zero-order valence-electron chi connectivity index (χ0n) is 8.01. The van der Waals surface area contributed by atoms with Crippen LogP contribution in [0.4, 0.5) is 5.69 Å². The van der Waals surface area contributed by atoms with Crippen molar-refractivity contribution in [3.63, 3.8) is 0 Å². The van der Waals surface area contributed by atoms with Gasteiger partial charge in [0.2, 0.25) is 5.91 Å². The number of benzene rings is 1. The van der Waals surface area contributed by atoms with Crippen molar-refractivity contribution in [2.75, 3.05) is 11.9 Å². The van der Waals surface area contributed by atoms with E-state index in [1.54, 1.807) is 0 Å². The zero-order valence-corrected chi connectivity index (χ0v) is 9.60.